The molecule has 0 spiro atoms. The molecule has 0 N–H and O–H groups in total. The average Bonchev–Trinajstić information content (AvgIpc) is 2.68. The Morgan fingerprint density at radius 3 is 2.08 bits per heavy atom. The van der Waals surface area contributed by atoms with Crippen LogP contribution in [0.15, 0.2) is 30.3 Å². The average molecular weight is 329 g/mol. The van der Waals surface area contributed by atoms with Gasteiger partial charge >= 0.3 is 0 Å². The largest absolute Gasteiger partial charge is 0.342 e. The summed E-state index contributed by atoms with van der Waals surface area (Å²) in [5.41, 5.74) is 0.701. The van der Waals surface area contributed by atoms with E-state index in [1.54, 1.807) is 4.90 Å². The van der Waals surface area contributed by atoms with Crippen molar-refractivity contribution < 1.29 is 14.4 Å². The van der Waals surface area contributed by atoms with Gasteiger partial charge in [0.05, 0.1) is 0 Å². The van der Waals surface area contributed by atoms with Crippen LogP contribution in [0.1, 0.15) is 23.2 Å². The Labute approximate surface area is 142 Å². The molecule has 0 radical (unpaired) electrons. The van der Waals surface area contributed by atoms with Crippen LogP contribution in [0.4, 0.5) is 0 Å². The molecule has 6 nitrogen and oxygen atoms in total. The molecule has 2 saturated heterocycles. The third-order valence-corrected chi connectivity index (χ3v) is 4.93. The summed E-state index contributed by atoms with van der Waals surface area (Å²) < 4.78 is 0. The van der Waals surface area contributed by atoms with Gasteiger partial charge in [-0.25, -0.2) is 0 Å². The molecule has 0 unspecified atom stereocenters. The molecule has 0 aromatic heterocycles. The Morgan fingerprint density at radius 1 is 0.875 bits per heavy atom. The van der Waals surface area contributed by atoms with Gasteiger partial charge in [-0.2, -0.15) is 0 Å². The first-order valence-corrected chi connectivity index (χ1v) is 8.51. The fraction of sp³-hybridized carbons (Fsp3) is 0.500. The number of hydrogen-bond donors (Lipinski definition) is 0. The minimum absolute atomic E-state index is 0.00685. The molecule has 0 aliphatic carbocycles. The van der Waals surface area contributed by atoms with Crippen LogP contribution in [0, 0.1) is 5.92 Å². The third kappa shape index (κ3) is 3.58. The van der Waals surface area contributed by atoms with Crippen molar-refractivity contribution in [1.82, 2.24) is 14.7 Å². The van der Waals surface area contributed by atoms with Gasteiger partial charge in [0.2, 0.25) is 12.3 Å². The van der Waals surface area contributed by atoms with Crippen molar-refractivity contribution in [3.05, 3.63) is 35.9 Å². The minimum atomic E-state index is -0.00685. The van der Waals surface area contributed by atoms with E-state index in [2.05, 4.69) is 0 Å². The summed E-state index contributed by atoms with van der Waals surface area (Å²) in [7, 11) is 0. The van der Waals surface area contributed by atoms with Gasteiger partial charge < -0.3 is 14.7 Å². The molecule has 1 aromatic carbocycles. The number of piperidine rings is 1. The van der Waals surface area contributed by atoms with Gasteiger partial charge in [-0.1, -0.05) is 18.2 Å². The smallest absolute Gasteiger partial charge is 0.253 e. The standard InChI is InChI=1S/C18H23N3O3/c22-14-19-10-12-21(13-11-19)18(24)16-6-8-20(9-7-16)17(23)15-4-2-1-3-5-15/h1-5,14,16H,6-13H2. The van der Waals surface area contributed by atoms with E-state index in [9.17, 15) is 14.4 Å². The van der Waals surface area contributed by atoms with Crippen molar-refractivity contribution in [2.45, 2.75) is 12.8 Å². The lowest BCUT2D eigenvalue weighted by molar-refractivity contribution is -0.140. The molecule has 128 valence electrons. The van der Waals surface area contributed by atoms with Crippen molar-refractivity contribution in [3.8, 4) is 0 Å². The van der Waals surface area contributed by atoms with Gasteiger partial charge in [-0.05, 0) is 25.0 Å². The van der Waals surface area contributed by atoms with Crippen LogP contribution in [-0.2, 0) is 9.59 Å². The molecule has 0 saturated carbocycles. The van der Waals surface area contributed by atoms with E-state index in [4.69, 9.17) is 0 Å². The number of carbonyl (C=O) groups is 3. The number of rotatable bonds is 3. The summed E-state index contributed by atoms with van der Waals surface area (Å²) in [6.45, 7) is 3.69. The van der Waals surface area contributed by atoms with E-state index >= 15 is 0 Å². The van der Waals surface area contributed by atoms with Crippen LogP contribution in [-0.4, -0.2) is 72.2 Å². The Kier molecular flexibility index (Phi) is 5.13. The van der Waals surface area contributed by atoms with E-state index in [-0.39, 0.29) is 17.7 Å². The molecular weight excluding hydrogens is 306 g/mol. The van der Waals surface area contributed by atoms with Crippen LogP contribution in [0.5, 0.6) is 0 Å². The zero-order valence-electron chi connectivity index (χ0n) is 13.8. The van der Waals surface area contributed by atoms with Crippen molar-refractivity contribution in [2.75, 3.05) is 39.3 Å². The summed E-state index contributed by atoms with van der Waals surface area (Å²) in [5, 5.41) is 0. The van der Waals surface area contributed by atoms with Crippen LogP contribution in [0.2, 0.25) is 0 Å². The predicted octanol–water partition coefficient (Wildman–Crippen LogP) is 0.839. The summed E-state index contributed by atoms with van der Waals surface area (Å²) in [5.74, 6) is 0.209. The summed E-state index contributed by atoms with van der Waals surface area (Å²) in [6.07, 6.45) is 2.27. The number of piperazine rings is 1. The Hall–Kier alpha value is -2.37. The monoisotopic (exact) mass is 329 g/mol. The quantitative estimate of drug-likeness (QED) is 0.772. The number of benzene rings is 1. The normalized spacial score (nSPS) is 19.2. The van der Waals surface area contributed by atoms with Crippen molar-refractivity contribution in [1.29, 1.82) is 0 Å². The summed E-state index contributed by atoms with van der Waals surface area (Å²) in [6, 6.07) is 9.27. The molecule has 0 atom stereocenters. The number of likely N-dealkylation sites (tertiary alicyclic amines) is 1. The first kappa shape index (κ1) is 16.5. The highest BCUT2D eigenvalue weighted by Crippen LogP contribution is 2.21. The maximum absolute atomic E-state index is 12.6. The van der Waals surface area contributed by atoms with Gasteiger partial charge in [-0.3, -0.25) is 14.4 Å². The first-order valence-electron chi connectivity index (χ1n) is 8.51. The van der Waals surface area contributed by atoms with Gasteiger partial charge in [0.1, 0.15) is 0 Å². The summed E-state index contributed by atoms with van der Waals surface area (Å²) in [4.78, 5) is 41.2. The molecule has 24 heavy (non-hydrogen) atoms. The zero-order chi connectivity index (χ0) is 16.9. The maximum atomic E-state index is 12.6. The predicted molar refractivity (Wildman–Crippen MR) is 89.3 cm³/mol. The van der Waals surface area contributed by atoms with Gasteiger partial charge in [0.15, 0.2) is 0 Å². The molecule has 2 aliphatic rings. The molecule has 1 aromatic rings. The van der Waals surface area contributed by atoms with Crippen LogP contribution < -0.4 is 0 Å². The number of carbonyl (C=O) groups excluding carboxylic acids is 3. The van der Waals surface area contributed by atoms with Crippen LogP contribution >= 0.6 is 0 Å². The number of hydrogen-bond acceptors (Lipinski definition) is 3. The van der Waals surface area contributed by atoms with E-state index in [0.717, 1.165) is 6.41 Å². The molecule has 0 bridgehead atoms. The second-order valence-corrected chi connectivity index (χ2v) is 6.40. The van der Waals surface area contributed by atoms with Gasteiger partial charge in [0, 0.05) is 50.7 Å². The fourth-order valence-corrected chi connectivity index (χ4v) is 3.40. The zero-order valence-corrected chi connectivity index (χ0v) is 13.8. The molecule has 3 rings (SSSR count). The highest BCUT2D eigenvalue weighted by Gasteiger charge is 2.31. The Bertz CT molecular complexity index is 589. The fourth-order valence-electron chi connectivity index (χ4n) is 3.40. The highest BCUT2D eigenvalue weighted by atomic mass is 16.2. The Balaban J connectivity index is 1.51. The number of nitrogens with zero attached hydrogens (tertiary/aromatic N) is 3. The van der Waals surface area contributed by atoms with Crippen molar-refractivity contribution in [2.24, 2.45) is 5.92 Å². The summed E-state index contributed by atoms with van der Waals surface area (Å²) >= 11 is 0. The van der Waals surface area contributed by atoms with Gasteiger partial charge in [-0.15, -0.1) is 0 Å². The molecule has 6 heteroatoms. The van der Waals surface area contributed by atoms with E-state index in [1.807, 2.05) is 40.1 Å². The molecule has 2 fully saturated rings. The van der Waals surface area contributed by atoms with Gasteiger partial charge in [0.25, 0.3) is 5.91 Å². The highest BCUT2D eigenvalue weighted by molar-refractivity contribution is 5.94. The maximum Gasteiger partial charge on any atom is 0.253 e. The molecule has 2 heterocycles. The third-order valence-electron chi connectivity index (χ3n) is 4.93. The lowest BCUT2D eigenvalue weighted by Crippen LogP contribution is -2.51. The minimum Gasteiger partial charge on any atom is -0.342 e. The van der Waals surface area contributed by atoms with E-state index in [0.29, 0.717) is 57.7 Å². The molecular formula is C18H23N3O3. The SMILES string of the molecule is O=CN1CCN(C(=O)C2CCN(C(=O)c3ccccc3)CC2)CC1. The Morgan fingerprint density at radius 2 is 1.50 bits per heavy atom. The topological polar surface area (TPSA) is 60.9 Å². The van der Waals surface area contributed by atoms with E-state index < -0.39 is 0 Å². The molecule has 2 aliphatic heterocycles. The molecule has 3 amide bonds. The van der Waals surface area contributed by atoms with Crippen LogP contribution in [0.3, 0.4) is 0 Å². The van der Waals surface area contributed by atoms with Crippen molar-refractivity contribution in [3.63, 3.8) is 0 Å². The number of amides is 3. The lowest BCUT2D eigenvalue weighted by Gasteiger charge is -2.37. The van der Waals surface area contributed by atoms with Crippen molar-refractivity contribution >= 4 is 18.2 Å². The lowest BCUT2D eigenvalue weighted by atomic mass is 9.94. The van der Waals surface area contributed by atoms with E-state index in [1.165, 1.54) is 0 Å². The second kappa shape index (κ2) is 7.47. The van der Waals surface area contributed by atoms with Crippen LogP contribution in [0.25, 0.3) is 0 Å². The second-order valence-electron chi connectivity index (χ2n) is 6.40. The first-order chi connectivity index (χ1) is 11.7.